The van der Waals surface area contributed by atoms with Crippen molar-refractivity contribution in [1.82, 2.24) is 9.88 Å². The summed E-state index contributed by atoms with van der Waals surface area (Å²) in [4.78, 5) is 41.1. The Balaban J connectivity index is 1.63. The molecule has 1 N–H and O–H groups in total. The third-order valence-corrected chi connectivity index (χ3v) is 5.98. The number of non-ortho nitro benzene ring substituents is 1. The first-order valence-electron chi connectivity index (χ1n) is 7.84. The number of benzene rings is 1. The molecule has 0 bridgehead atoms. The topological polar surface area (TPSA) is 105 Å². The summed E-state index contributed by atoms with van der Waals surface area (Å²) in [6.45, 7) is -0.125. The third-order valence-electron chi connectivity index (χ3n) is 3.61. The molecule has 0 unspecified atom stereocenters. The van der Waals surface area contributed by atoms with Gasteiger partial charge < -0.3 is 10.2 Å². The molecule has 0 aliphatic carbocycles. The van der Waals surface area contributed by atoms with Crippen molar-refractivity contribution in [3.8, 4) is 11.3 Å². The summed E-state index contributed by atoms with van der Waals surface area (Å²) in [5.41, 5.74) is 1.08. The van der Waals surface area contributed by atoms with Crippen LogP contribution < -0.4 is 5.32 Å². The highest BCUT2D eigenvalue weighted by Gasteiger charge is 2.18. The average molecular weight is 481 g/mol. The van der Waals surface area contributed by atoms with Gasteiger partial charge in [-0.2, -0.15) is 0 Å². The second kappa shape index (κ2) is 8.59. The number of anilines is 1. The van der Waals surface area contributed by atoms with E-state index in [4.69, 9.17) is 0 Å². The monoisotopic (exact) mass is 480 g/mol. The molecule has 0 saturated carbocycles. The zero-order valence-electron chi connectivity index (χ0n) is 14.4. The lowest BCUT2D eigenvalue weighted by atomic mass is 10.1. The number of nitro groups is 1. The maximum Gasteiger partial charge on any atom is 0.270 e. The molecule has 1 aromatic carbocycles. The Kier molecular flexibility index (Phi) is 6.17. The number of thiazole rings is 1. The molecule has 0 spiro atoms. The van der Waals surface area contributed by atoms with Crippen LogP contribution in [0.5, 0.6) is 0 Å². The van der Waals surface area contributed by atoms with E-state index in [-0.39, 0.29) is 24.0 Å². The first kappa shape index (κ1) is 20.1. The van der Waals surface area contributed by atoms with Crippen molar-refractivity contribution in [3.63, 3.8) is 0 Å². The standard InChI is InChI=1S/C17H13BrN4O4S2/c1-21(16(24)13-5-6-14(18)28-13)8-15(23)20-17-19-12(9-27-17)10-3-2-4-11(7-10)22(25)26/h2-7,9H,8H2,1H3,(H,19,20,23). The smallest absolute Gasteiger partial charge is 0.270 e. The fraction of sp³-hybridized carbons (Fsp3) is 0.118. The number of carbonyl (C=O) groups is 2. The van der Waals surface area contributed by atoms with Gasteiger partial charge in [0.25, 0.3) is 11.6 Å². The highest BCUT2D eigenvalue weighted by Crippen LogP contribution is 2.27. The number of halogens is 1. The molecular formula is C17H13BrN4O4S2. The van der Waals surface area contributed by atoms with E-state index in [2.05, 4.69) is 26.2 Å². The lowest BCUT2D eigenvalue weighted by Gasteiger charge is -2.15. The SMILES string of the molecule is CN(CC(=O)Nc1nc(-c2cccc([N+](=O)[O-])c2)cs1)C(=O)c1ccc(Br)s1. The fourth-order valence-corrected chi connectivity index (χ4v) is 4.42. The van der Waals surface area contributed by atoms with Crippen LogP contribution in [0.1, 0.15) is 9.67 Å². The molecule has 2 heterocycles. The Hall–Kier alpha value is -2.63. The van der Waals surface area contributed by atoms with Gasteiger partial charge in [0.05, 0.1) is 25.8 Å². The number of nitrogens with one attached hydrogen (secondary N) is 1. The van der Waals surface area contributed by atoms with Gasteiger partial charge >= 0.3 is 0 Å². The number of thiophene rings is 1. The number of aromatic nitrogens is 1. The number of likely N-dealkylation sites (N-methyl/N-ethyl adjacent to an activating group) is 1. The van der Waals surface area contributed by atoms with Gasteiger partial charge in [-0.25, -0.2) is 4.98 Å². The largest absolute Gasteiger partial charge is 0.332 e. The lowest BCUT2D eigenvalue weighted by molar-refractivity contribution is -0.384. The minimum Gasteiger partial charge on any atom is -0.332 e. The van der Waals surface area contributed by atoms with Crippen molar-refractivity contribution >= 4 is 61.2 Å². The first-order valence-corrected chi connectivity index (χ1v) is 10.3. The van der Waals surface area contributed by atoms with Gasteiger partial charge in [-0.15, -0.1) is 22.7 Å². The van der Waals surface area contributed by atoms with E-state index in [1.807, 2.05) is 0 Å². The van der Waals surface area contributed by atoms with E-state index in [9.17, 15) is 19.7 Å². The van der Waals surface area contributed by atoms with Crippen molar-refractivity contribution in [2.45, 2.75) is 0 Å². The van der Waals surface area contributed by atoms with Crippen LogP contribution in [0.2, 0.25) is 0 Å². The Morgan fingerprint density at radius 3 is 2.79 bits per heavy atom. The fourth-order valence-electron chi connectivity index (χ4n) is 2.31. The first-order chi connectivity index (χ1) is 13.3. The summed E-state index contributed by atoms with van der Waals surface area (Å²) in [5.74, 6) is -0.631. The van der Waals surface area contributed by atoms with Gasteiger partial charge in [-0.3, -0.25) is 19.7 Å². The molecule has 2 aromatic heterocycles. The minimum absolute atomic E-state index is 0.0311. The second-order valence-electron chi connectivity index (χ2n) is 5.66. The number of rotatable bonds is 6. The Labute approximate surface area is 176 Å². The van der Waals surface area contributed by atoms with Gasteiger partial charge in [0.2, 0.25) is 5.91 Å². The molecular weight excluding hydrogens is 468 g/mol. The van der Waals surface area contributed by atoms with Crippen molar-refractivity contribution in [2.24, 2.45) is 0 Å². The van der Waals surface area contributed by atoms with Crippen LogP contribution in [-0.2, 0) is 4.79 Å². The molecule has 0 aliphatic rings. The molecule has 0 radical (unpaired) electrons. The van der Waals surface area contributed by atoms with Crippen LogP contribution in [0.25, 0.3) is 11.3 Å². The number of hydrogen-bond donors (Lipinski definition) is 1. The van der Waals surface area contributed by atoms with E-state index in [0.29, 0.717) is 21.3 Å². The van der Waals surface area contributed by atoms with E-state index in [1.54, 1.807) is 36.7 Å². The van der Waals surface area contributed by atoms with Crippen molar-refractivity contribution in [2.75, 3.05) is 18.9 Å². The van der Waals surface area contributed by atoms with E-state index in [0.717, 1.165) is 3.79 Å². The van der Waals surface area contributed by atoms with Gasteiger partial charge in [0.15, 0.2) is 5.13 Å². The summed E-state index contributed by atoms with van der Waals surface area (Å²) in [6, 6.07) is 9.58. The molecule has 11 heteroatoms. The van der Waals surface area contributed by atoms with Crippen LogP contribution in [-0.4, -0.2) is 40.2 Å². The highest BCUT2D eigenvalue weighted by molar-refractivity contribution is 9.11. The number of carbonyl (C=O) groups excluding carboxylic acids is 2. The van der Waals surface area contributed by atoms with E-state index in [1.165, 1.54) is 39.7 Å². The summed E-state index contributed by atoms with van der Waals surface area (Å²) in [6.07, 6.45) is 0. The van der Waals surface area contributed by atoms with Gasteiger partial charge in [0.1, 0.15) is 0 Å². The van der Waals surface area contributed by atoms with Gasteiger partial charge in [0, 0.05) is 30.1 Å². The van der Waals surface area contributed by atoms with E-state index >= 15 is 0 Å². The van der Waals surface area contributed by atoms with Crippen LogP contribution in [0.15, 0.2) is 45.6 Å². The second-order valence-corrected chi connectivity index (χ2v) is 8.98. The number of amides is 2. The van der Waals surface area contributed by atoms with Crippen LogP contribution in [0.4, 0.5) is 10.8 Å². The Bertz CT molecular complexity index is 1050. The molecule has 8 nitrogen and oxygen atoms in total. The quantitative estimate of drug-likeness (QED) is 0.419. The molecule has 2 amide bonds. The molecule has 0 atom stereocenters. The summed E-state index contributed by atoms with van der Waals surface area (Å²) < 4.78 is 0.838. The van der Waals surface area contributed by atoms with Gasteiger partial charge in [-0.05, 0) is 28.1 Å². The molecule has 0 aliphatic heterocycles. The number of hydrogen-bond acceptors (Lipinski definition) is 7. The van der Waals surface area contributed by atoms with Crippen molar-refractivity contribution in [1.29, 1.82) is 0 Å². The van der Waals surface area contributed by atoms with Crippen molar-refractivity contribution in [3.05, 3.63) is 60.6 Å². The van der Waals surface area contributed by atoms with Gasteiger partial charge in [-0.1, -0.05) is 12.1 Å². The Morgan fingerprint density at radius 1 is 1.32 bits per heavy atom. The summed E-state index contributed by atoms with van der Waals surface area (Å²) in [5, 5.41) is 15.6. The average Bonchev–Trinajstić information content (AvgIpc) is 3.30. The number of nitrogens with zero attached hydrogens (tertiary/aromatic N) is 3. The molecule has 28 heavy (non-hydrogen) atoms. The normalized spacial score (nSPS) is 10.5. The maximum absolute atomic E-state index is 12.3. The maximum atomic E-state index is 12.3. The summed E-state index contributed by atoms with van der Waals surface area (Å²) >= 11 is 5.80. The molecule has 3 aromatic rings. The number of nitro benzene ring substituents is 1. The van der Waals surface area contributed by atoms with Crippen LogP contribution in [0, 0.1) is 10.1 Å². The van der Waals surface area contributed by atoms with E-state index < -0.39 is 4.92 Å². The Morgan fingerprint density at radius 2 is 2.11 bits per heavy atom. The molecule has 3 rings (SSSR count). The molecule has 144 valence electrons. The van der Waals surface area contributed by atoms with Crippen molar-refractivity contribution < 1.29 is 14.5 Å². The predicted molar refractivity (Wildman–Crippen MR) is 112 cm³/mol. The lowest BCUT2D eigenvalue weighted by Crippen LogP contribution is -2.34. The van der Waals surface area contributed by atoms with Crippen LogP contribution in [0.3, 0.4) is 0 Å². The summed E-state index contributed by atoms with van der Waals surface area (Å²) in [7, 11) is 1.55. The van der Waals surface area contributed by atoms with Crippen LogP contribution >= 0.6 is 38.6 Å². The predicted octanol–water partition coefficient (Wildman–Crippen LogP) is 4.25. The zero-order chi connectivity index (χ0) is 20.3. The zero-order valence-corrected chi connectivity index (χ0v) is 17.6. The third kappa shape index (κ3) is 4.80. The molecule has 0 fully saturated rings. The minimum atomic E-state index is -0.475. The highest BCUT2D eigenvalue weighted by atomic mass is 79.9. The molecule has 0 saturated heterocycles.